The highest BCUT2D eigenvalue weighted by Crippen LogP contribution is 2.21. The third-order valence-electron chi connectivity index (χ3n) is 3.24. The summed E-state index contributed by atoms with van der Waals surface area (Å²) in [6.45, 7) is 0. The Morgan fingerprint density at radius 3 is 2.36 bits per heavy atom. The number of carbonyl (C=O) groups is 1. The number of anilines is 2. The quantitative estimate of drug-likeness (QED) is 0.704. The molecule has 0 bridgehead atoms. The molecule has 1 aromatic heterocycles. The lowest BCUT2D eigenvalue weighted by atomic mass is 10.3. The molecule has 0 atom stereocenters. The van der Waals surface area contributed by atoms with E-state index in [0.717, 1.165) is 0 Å². The number of hydrogen-bond donors (Lipinski definition) is 2. The second kappa shape index (κ2) is 7.00. The van der Waals surface area contributed by atoms with Crippen LogP contribution in [0.25, 0.3) is 0 Å². The second-order valence-corrected chi connectivity index (χ2v) is 7.19. The SMILES string of the molecule is O=C(Nc1cccc(NS(=O)(=O)c2ccc(Cl)cc2)c1)c1ccco1. The van der Waals surface area contributed by atoms with Gasteiger partial charge in [-0.2, -0.15) is 0 Å². The molecule has 6 nitrogen and oxygen atoms in total. The molecular formula is C17H13ClN2O4S. The van der Waals surface area contributed by atoms with Crippen LogP contribution in [0.3, 0.4) is 0 Å². The van der Waals surface area contributed by atoms with Crippen molar-refractivity contribution in [3.63, 3.8) is 0 Å². The van der Waals surface area contributed by atoms with Crippen molar-refractivity contribution in [2.24, 2.45) is 0 Å². The molecule has 0 fully saturated rings. The molecule has 8 heteroatoms. The van der Waals surface area contributed by atoms with Gasteiger partial charge in [-0.25, -0.2) is 8.42 Å². The first-order valence-electron chi connectivity index (χ1n) is 7.17. The zero-order valence-electron chi connectivity index (χ0n) is 12.8. The molecule has 0 spiro atoms. The fourth-order valence-corrected chi connectivity index (χ4v) is 3.26. The first-order valence-corrected chi connectivity index (χ1v) is 9.03. The van der Waals surface area contributed by atoms with E-state index in [4.69, 9.17) is 16.0 Å². The second-order valence-electron chi connectivity index (χ2n) is 5.07. The number of carbonyl (C=O) groups excluding carboxylic acids is 1. The summed E-state index contributed by atoms with van der Waals surface area (Å²) >= 11 is 5.77. The summed E-state index contributed by atoms with van der Waals surface area (Å²) in [5, 5.41) is 3.08. The highest BCUT2D eigenvalue weighted by atomic mass is 35.5. The van der Waals surface area contributed by atoms with Gasteiger partial charge in [-0.05, 0) is 54.6 Å². The zero-order valence-corrected chi connectivity index (χ0v) is 14.3. The molecule has 1 amide bonds. The molecule has 0 saturated carbocycles. The summed E-state index contributed by atoms with van der Waals surface area (Å²) in [4.78, 5) is 12.1. The largest absolute Gasteiger partial charge is 0.459 e. The van der Waals surface area contributed by atoms with Crippen molar-refractivity contribution in [1.82, 2.24) is 0 Å². The van der Waals surface area contributed by atoms with Gasteiger partial charge in [0, 0.05) is 10.7 Å². The molecule has 0 saturated heterocycles. The van der Waals surface area contributed by atoms with Crippen LogP contribution in [0.1, 0.15) is 10.6 Å². The lowest BCUT2D eigenvalue weighted by Gasteiger charge is -2.10. The van der Waals surface area contributed by atoms with E-state index >= 15 is 0 Å². The van der Waals surface area contributed by atoms with E-state index in [2.05, 4.69) is 10.0 Å². The van der Waals surface area contributed by atoms with Gasteiger partial charge in [0.2, 0.25) is 0 Å². The Labute approximate surface area is 149 Å². The Hall–Kier alpha value is -2.77. The van der Waals surface area contributed by atoms with Gasteiger partial charge in [0.1, 0.15) is 0 Å². The Morgan fingerprint density at radius 2 is 1.68 bits per heavy atom. The van der Waals surface area contributed by atoms with Gasteiger partial charge in [-0.3, -0.25) is 9.52 Å². The van der Waals surface area contributed by atoms with E-state index in [1.807, 2.05) is 0 Å². The summed E-state index contributed by atoms with van der Waals surface area (Å²) in [6, 6.07) is 15.3. The molecule has 3 rings (SSSR count). The van der Waals surface area contributed by atoms with Gasteiger partial charge in [-0.15, -0.1) is 0 Å². The number of rotatable bonds is 5. The minimum absolute atomic E-state index is 0.0851. The summed E-state index contributed by atoms with van der Waals surface area (Å²) in [7, 11) is -3.76. The summed E-state index contributed by atoms with van der Waals surface area (Å²) in [5.41, 5.74) is 0.741. The van der Waals surface area contributed by atoms with Crippen molar-refractivity contribution < 1.29 is 17.6 Å². The van der Waals surface area contributed by atoms with Crippen molar-refractivity contribution >= 4 is 38.9 Å². The summed E-state index contributed by atoms with van der Waals surface area (Å²) in [5.74, 6) is -0.269. The molecule has 3 aromatic rings. The minimum atomic E-state index is -3.76. The molecule has 0 radical (unpaired) electrons. The van der Waals surface area contributed by atoms with Crippen molar-refractivity contribution in [2.45, 2.75) is 4.90 Å². The van der Waals surface area contributed by atoms with Gasteiger partial charge in [0.15, 0.2) is 5.76 Å². The van der Waals surface area contributed by atoms with Crippen LogP contribution in [0.15, 0.2) is 76.2 Å². The van der Waals surface area contributed by atoms with Gasteiger partial charge >= 0.3 is 0 Å². The first-order chi connectivity index (χ1) is 11.9. The fraction of sp³-hybridized carbons (Fsp3) is 0. The maximum absolute atomic E-state index is 12.4. The van der Waals surface area contributed by atoms with Crippen LogP contribution < -0.4 is 10.0 Å². The van der Waals surface area contributed by atoms with Crippen LogP contribution in [0.4, 0.5) is 11.4 Å². The molecule has 2 N–H and O–H groups in total. The predicted octanol–water partition coefficient (Wildman–Crippen LogP) is 3.99. The molecule has 25 heavy (non-hydrogen) atoms. The standard InChI is InChI=1S/C17H13ClN2O4S/c18-12-6-8-15(9-7-12)25(22,23)20-14-4-1-3-13(11-14)19-17(21)16-5-2-10-24-16/h1-11,20H,(H,19,21). The van der Waals surface area contributed by atoms with E-state index in [9.17, 15) is 13.2 Å². The monoisotopic (exact) mass is 376 g/mol. The van der Waals surface area contributed by atoms with Crippen LogP contribution in [0.2, 0.25) is 5.02 Å². The highest BCUT2D eigenvalue weighted by Gasteiger charge is 2.15. The van der Waals surface area contributed by atoms with E-state index in [1.54, 1.807) is 24.3 Å². The lowest BCUT2D eigenvalue weighted by molar-refractivity contribution is 0.0996. The average Bonchev–Trinajstić information content (AvgIpc) is 3.10. The normalized spacial score (nSPS) is 11.1. The molecular weight excluding hydrogens is 364 g/mol. The predicted molar refractivity (Wildman–Crippen MR) is 95.4 cm³/mol. The molecule has 0 aliphatic rings. The van der Waals surface area contributed by atoms with Crippen molar-refractivity contribution in [1.29, 1.82) is 0 Å². The van der Waals surface area contributed by atoms with Crippen LogP contribution in [-0.2, 0) is 10.0 Å². The van der Waals surface area contributed by atoms with E-state index in [-0.39, 0.29) is 10.7 Å². The number of hydrogen-bond acceptors (Lipinski definition) is 4. The first kappa shape index (κ1) is 17.1. The Bertz CT molecular complexity index is 984. The Balaban J connectivity index is 1.77. The number of nitrogens with one attached hydrogen (secondary N) is 2. The lowest BCUT2D eigenvalue weighted by Crippen LogP contribution is -2.14. The number of benzene rings is 2. The van der Waals surface area contributed by atoms with Crippen LogP contribution in [0, 0.1) is 0 Å². The topological polar surface area (TPSA) is 88.4 Å². The molecule has 0 aliphatic carbocycles. The van der Waals surface area contributed by atoms with Crippen LogP contribution in [-0.4, -0.2) is 14.3 Å². The summed E-state index contributed by atoms with van der Waals surface area (Å²) < 4.78 is 32.2. The minimum Gasteiger partial charge on any atom is -0.459 e. The molecule has 1 heterocycles. The highest BCUT2D eigenvalue weighted by molar-refractivity contribution is 7.92. The summed E-state index contributed by atoms with van der Waals surface area (Å²) in [6.07, 6.45) is 1.39. The number of furan rings is 1. The zero-order chi connectivity index (χ0) is 17.9. The van der Waals surface area contributed by atoms with Crippen molar-refractivity contribution in [2.75, 3.05) is 10.0 Å². The number of sulfonamides is 1. The van der Waals surface area contributed by atoms with Gasteiger partial charge < -0.3 is 9.73 Å². The van der Waals surface area contributed by atoms with Gasteiger partial charge in [0.05, 0.1) is 16.8 Å². The Morgan fingerprint density at radius 1 is 0.960 bits per heavy atom. The maximum atomic E-state index is 12.4. The van der Waals surface area contributed by atoms with E-state index < -0.39 is 15.9 Å². The number of halogens is 1. The third-order valence-corrected chi connectivity index (χ3v) is 4.89. The fourth-order valence-electron chi connectivity index (χ4n) is 2.09. The van der Waals surface area contributed by atoms with E-state index in [1.165, 1.54) is 42.7 Å². The molecule has 128 valence electrons. The third kappa shape index (κ3) is 4.20. The van der Waals surface area contributed by atoms with Crippen molar-refractivity contribution in [3.8, 4) is 0 Å². The molecule has 0 aliphatic heterocycles. The molecule has 0 unspecified atom stereocenters. The van der Waals surface area contributed by atoms with Gasteiger partial charge in [-0.1, -0.05) is 17.7 Å². The molecule has 2 aromatic carbocycles. The van der Waals surface area contributed by atoms with E-state index in [0.29, 0.717) is 16.4 Å². The number of amides is 1. The maximum Gasteiger partial charge on any atom is 0.291 e. The smallest absolute Gasteiger partial charge is 0.291 e. The Kier molecular flexibility index (Phi) is 4.78. The van der Waals surface area contributed by atoms with Crippen LogP contribution in [0.5, 0.6) is 0 Å². The van der Waals surface area contributed by atoms with Crippen LogP contribution >= 0.6 is 11.6 Å². The van der Waals surface area contributed by atoms with Crippen molar-refractivity contribution in [3.05, 3.63) is 77.7 Å². The van der Waals surface area contributed by atoms with Gasteiger partial charge in [0.25, 0.3) is 15.9 Å². The average molecular weight is 377 g/mol.